The van der Waals surface area contributed by atoms with E-state index in [0.717, 1.165) is 0 Å². The number of morpholine rings is 1. The van der Waals surface area contributed by atoms with Crippen molar-refractivity contribution in [2.45, 2.75) is 12.5 Å². The van der Waals surface area contributed by atoms with Crippen LogP contribution in [0.4, 0.5) is 11.5 Å². The molecule has 1 unspecified atom stereocenters. The zero-order valence-electron chi connectivity index (χ0n) is 10.4. The minimum Gasteiger partial charge on any atom is -0.481 e. The van der Waals surface area contributed by atoms with Crippen molar-refractivity contribution < 1.29 is 19.6 Å². The third-order valence-corrected chi connectivity index (χ3v) is 3.13. The van der Waals surface area contributed by atoms with Gasteiger partial charge < -0.3 is 14.7 Å². The molecule has 1 saturated heterocycles. The highest BCUT2D eigenvalue weighted by Gasteiger charge is 2.31. The molecule has 1 aliphatic heterocycles. The Hall–Kier alpha value is -1.93. The molecule has 1 fully saturated rings. The third-order valence-electron chi connectivity index (χ3n) is 2.92. The molecule has 0 bridgehead atoms. The van der Waals surface area contributed by atoms with Gasteiger partial charge in [-0.1, -0.05) is 11.6 Å². The molecule has 0 radical (unpaired) electrons. The van der Waals surface area contributed by atoms with Crippen molar-refractivity contribution in [2.75, 3.05) is 24.7 Å². The molecule has 0 aromatic carbocycles. The van der Waals surface area contributed by atoms with Crippen LogP contribution in [0.2, 0.25) is 5.02 Å². The average molecular weight is 302 g/mol. The number of halogens is 1. The predicted molar refractivity (Wildman–Crippen MR) is 70.1 cm³/mol. The molecule has 108 valence electrons. The molecule has 20 heavy (non-hydrogen) atoms. The quantitative estimate of drug-likeness (QED) is 0.660. The third kappa shape index (κ3) is 3.14. The van der Waals surface area contributed by atoms with E-state index in [1.54, 1.807) is 4.90 Å². The summed E-state index contributed by atoms with van der Waals surface area (Å²) in [4.78, 5) is 26.9. The Balaban J connectivity index is 2.36. The molecule has 1 aromatic heterocycles. The molecule has 0 aliphatic carbocycles. The molecule has 8 nitrogen and oxygen atoms in total. The van der Waals surface area contributed by atoms with Crippen LogP contribution in [0.25, 0.3) is 0 Å². The van der Waals surface area contributed by atoms with Crippen molar-refractivity contribution in [1.82, 2.24) is 4.98 Å². The number of hydrogen-bond acceptors (Lipinski definition) is 6. The van der Waals surface area contributed by atoms with Gasteiger partial charge in [0.1, 0.15) is 0 Å². The fourth-order valence-electron chi connectivity index (χ4n) is 2.08. The average Bonchev–Trinajstić information content (AvgIpc) is 2.39. The van der Waals surface area contributed by atoms with Gasteiger partial charge in [0, 0.05) is 18.8 Å². The van der Waals surface area contributed by atoms with Gasteiger partial charge in [-0.3, -0.25) is 14.9 Å². The second-order valence-electron chi connectivity index (χ2n) is 4.27. The summed E-state index contributed by atoms with van der Waals surface area (Å²) in [6, 6.07) is 0.714. The first-order valence-electron chi connectivity index (χ1n) is 5.85. The molecule has 9 heteroatoms. The summed E-state index contributed by atoms with van der Waals surface area (Å²) < 4.78 is 5.23. The number of ether oxygens (including phenoxy) is 1. The van der Waals surface area contributed by atoms with E-state index in [9.17, 15) is 14.9 Å². The Morgan fingerprint density at radius 3 is 3.10 bits per heavy atom. The Morgan fingerprint density at radius 1 is 1.70 bits per heavy atom. The maximum absolute atomic E-state index is 11.1. The molecule has 1 N–H and O–H groups in total. The van der Waals surface area contributed by atoms with E-state index in [1.165, 1.54) is 12.3 Å². The lowest BCUT2D eigenvalue weighted by Gasteiger charge is -2.35. The van der Waals surface area contributed by atoms with Crippen LogP contribution >= 0.6 is 11.6 Å². The number of pyridine rings is 1. The summed E-state index contributed by atoms with van der Waals surface area (Å²) in [5.41, 5.74) is -0.241. The molecule has 1 aliphatic rings. The zero-order valence-corrected chi connectivity index (χ0v) is 11.1. The number of carboxylic acid groups (broad SMARTS) is 1. The highest BCUT2D eigenvalue weighted by atomic mass is 35.5. The first-order valence-corrected chi connectivity index (χ1v) is 6.23. The van der Waals surface area contributed by atoms with Crippen LogP contribution in [-0.2, 0) is 9.53 Å². The smallest absolute Gasteiger partial charge is 0.313 e. The second-order valence-corrected chi connectivity index (χ2v) is 4.71. The Morgan fingerprint density at radius 2 is 2.45 bits per heavy atom. The molecule has 0 saturated carbocycles. The number of aliphatic carboxylic acids is 1. The lowest BCUT2D eigenvalue weighted by molar-refractivity contribution is -0.384. The van der Waals surface area contributed by atoms with Crippen molar-refractivity contribution >= 4 is 29.1 Å². The first-order chi connectivity index (χ1) is 9.49. The van der Waals surface area contributed by atoms with Gasteiger partial charge in [-0.25, -0.2) is 4.98 Å². The summed E-state index contributed by atoms with van der Waals surface area (Å²) in [5.74, 6) is -0.879. The van der Waals surface area contributed by atoms with Gasteiger partial charge in [-0.05, 0) is 0 Å². The molecule has 2 rings (SSSR count). The highest BCUT2D eigenvalue weighted by molar-refractivity contribution is 6.30. The highest BCUT2D eigenvalue weighted by Crippen LogP contribution is 2.31. The Labute approximate surface area is 119 Å². The van der Waals surface area contributed by atoms with E-state index in [-0.39, 0.29) is 29.6 Å². The summed E-state index contributed by atoms with van der Waals surface area (Å²) >= 11 is 5.72. The number of carbonyl (C=O) groups is 1. The van der Waals surface area contributed by atoms with Crippen molar-refractivity contribution in [3.8, 4) is 0 Å². The number of nitrogens with zero attached hydrogens (tertiary/aromatic N) is 3. The van der Waals surface area contributed by atoms with Crippen LogP contribution in [0, 0.1) is 10.1 Å². The van der Waals surface area contributed by atoms with Gasteiger partial charge in [0.15, 0.2) is 0 Å². The molecular weight excluding hydrogens is 290 g/mol. The standard InChI is InChI=1S/C11H12ClN3O5/c12-7-3-9(15(18)19)11(13-5-7)14-1-2-20-6-8(14)4-10(16)17/h3,5,8H,1-2,4,6H2,(H,16,17). The van der Waals surface area contributed by atoms with Crippen molar-refractivity contribution in [1.29, 1.82) is 0 Å². The van der Waals surface area contributed by atoms with Crippen molar-refractivity contribution in [3.05, 3.63) is 27.4 Å². The van der Waals surface area contributed by atoms with Crippen LogP contribution in [-0.4, -0.2) is 46.8 Å². The number of hydrogen-bond donors (Lipinski definition) is 1. The first kappa shape index (κ1) is 14.5. The van der Waals surface area contributed by atoms with E-state index >= 15 is 0 Å². The van der Waals surface area contributed by atoms with Crippen LogP contribution in [0.3, 0.4) is 0 Å². The minimum absolute atomic E-state index is 0.119. The lowest BCUT2D eigenvalue weighted by atomic mass is 10.1. The van der Waals surface area contributed by atoms with E-state index in [4.69, 9.17) is 21.4 Å². The molecule has 0 amide bonds. The predicted octanol–water partition coefficient (Wildman–Crippen LogP) is 1.32. The van der Waals surface area contributed by atoms with Gasteiger partial charge in [-0.2, -0.15) is 0 Å². The van der Waals surface area contributed by atoms with E-state index in [2.05, 4.69) is 4.98 Å². The van der Waals surface area contributed by atoms with Crippen molar-refractivity contribution in [2.24, 2.45) is 0 Å². The maximum Gasteiger partial charge on any atom is 0.313 e. The number of carboxylic acids is 1. The molecule has 1 aromatic rings. The summed E-state index contributed by atoms with van der Waals surface area (Å²) in [5, 5.41) is 20.1. The van der Waals surface area contributed by atoms with Crippen LogP contribution in [0.15, 0.2) is 12.3 Å². The van der Waals surface area contributed by atoms with Crippen LogP contribution in [0.1, 0.15) is 6.42 Å². The molecule has 0 spiro atoms. The number of anilines is 1. The SMILES string of the molecule is O=C(O)CC1COCCN1c1ncc(Cl)cc1[N+](=O)[O-]. The molecule has 1 atom stereocenters. The normalized spacial score (nSPS) is 18.9. The van der Waals surface area contributed by atoms with Crippen LogP contribution in [0.5, 0.6) is 0 Å². The minimum atomic E-state index is -0.998. The van der Waals surface area contributed by atoms with Gasteiger partial charge in [0.25, 0.3) is 0 Å². The van der Waals surface area contributed by atoms with Gasteiger partial charge in [0.2, 0.25) is 5.82 Å². The Bertz CT molecular complexity index is 539. The van der Waals surface area contributed by atoms with E-state index < -0.39 is 16.9 Å². The number of rotatable bonds is 4. The van der Waals surface area contributed by atoms with E-state index in [0.29, 0.717) is 13.2 Å². The maximum atomic E-state index is 11.1. The van der Waals surface area contributed by atoms with E-state index in [1.807, 2.05) is 0 Å². The lowest BCUT2D eigenvalue weighted by Crippen LogP contribution is -2.47. The van der Waals surface area contributed by atoms with Gasteiger partial charge in [-0.15, -0.1) is 0 Å². The second kappa shape index (κ2) is 6.02. The monoisotopic (exact) mass is 301 g/mol. The fraction of sp³-hybridized carbons (Fsp3) is 0.455. The largest absolute Gasteiger partial charge is 0.481 e. The fourth-order valence-corrected chi connectivity index (χ4v) is 2.23. The summed E-state index contributed by atoms with van der Waals surface area (Å²) in [6.45, 7) is 0.888. The summed E-state index contributed by atoms with van der Waals surface area (Å²) in [6.07, 6.45) is 1.12. The number of aromatic nitrogens is 1. The topological polar surface area (TPSA) is 106 Å². The Kier molecular flexibility index (Phi) is 4.35. The van der Waals surface area contributed by atoms with Crippen molar-refractivity contribution in [3.63, 3.8) is 0 Å². The molecular formula is C11H12ClN3O5. The zero-order chi connectivity index (χ0) is 14.7. The van der Waals surface area contributed by atoms with Crippen LogP contribution < -0.4 is 4.90 Å². The van der Waals surface area contributed by atoms with Gasteiger partial charge >= 0.3 is 11.7 Å². The molecule has 2 heterocycles. The summed E-state index contributed by atoms with van der Waals surface area (Å²) in [7, 11) is 0. The van der Waals surface area contributed by atoms with Gasteiger partial charge in [0.05, 0.1) is 35.6 Å². The number of nitro groups is 1.